The summed E-state index contributed by atoms with van der Waals surface area (Å²) in [6.07, 6.45) is 0. The van der Waals surface area contributed by atoms with Gasteiger partial charge in [-0.3, -0.25) is 4.79 Å². The van der Waals surface area contributed by atoms with Gasteiger partial charge in [0, 0.05) is 5.02 Å². The molecule has 0 bridgehead atoms. The van der Waals surface area contributed by atoms with Gasteiger partial charge >= 0.3 is 0 Å². The van der Waals surface area contributed by atoms with Gasteiger partial charge in [0.05, 0.1) is 22.3 Å². The van der Waals surface area contributed by atoms with Gasteiger partial charge < -0.3 is 5.32 Å². The van der Waals surface area contributed by atoms with Gasteiger partial charge in [-0.05, 0) is 30.3 Å². The molecule has 0 aliphatic rings. The van der Waals surface area contributed by atoms with Crippen LogP contribution in [0.3, 0.4) is 0 Å². The zero-order chi connectivity index (χ0) is 14.8. The first-order chi connectivity index (χ1) is 10.1. The lowest BCUT2D eigenvalue weighted by molar-refractivity contribution is 0.0947. The lowest BCUT2D eigenvalue weighted by Gasteiger charge is -2.04. The number of carbonyl (C=O) groups is 1. The number of hydrogen-bond donors (Lipinski definition) is 1. The predicted molar refractivity (Wildman–Crippen MR) is 82.2 cm³/mol. The maximum atomic E-state index is 13.6. The number of carbonyl (C=O) groups excluding carboxylic acids is 1. The Bertz CT molecular complexity index is 785. The van der Waals surface area contributed by atoms with Crippen LogP contribution in [0.1, 0.15) is 15.4 Å². The van der Waals surface area contributed by atoms with Gasteiger partial charge in [0.1, 0.15) is 10.8 Å². The van der Waals surface area contributed by atoms with Gasteiger partial charge in [0.25, 0.3) is 5.91 Å². The molecule has 1 heterocycles. The molecule has 0 fully saturated rings. The van der Waals surface area contributed by atoms with Crippen molar-refractivity contribution in [3.05, 3.63) is 63.9 Å². The Labute approximate surface area is 129 Å². The lowest BCUT2D eigenvalue weighted by Crippen LogP contribution is -2.23. The molecule has 0 saturated heterocycles. The smallest absolute Gasteiger partial charge is 0.254 e. The first kappa shape index (κ1) is 14.0. The van der Waals surface area contributed by atoms with Crippen LogP contribution < -0.4 is 5.32 Å². The van der Waals surface area contributed by atoms with E-state index in [4.69, 9.17) is 11.6 Å². The number of thiazole rings is 1. The van der Waals surface area contributed by atoms with Gasteiger partial charge in [-0.25, -0.2) is 9.37 Å². The molecule has 3 aromatic rings. The molecule has 106 valence electrons. The number of nitrogens with zero attached hydrogens (tertiary/aromatic N) is 1. The van der Waals surface area contributed by atoms with Crippen molar-refractivity contribution < 1.29 is 9.18 Å². The van der Waals surface area contributed by atoms with E-state index < -0.39 is 11.7 Å². The maximum absolute atomic E-state index is 13.6. The molecule has 2 aromatic carbocycles. The van der Waals surface area contributed by atoms with Crippen molar-refractivity contribution in [3.8, 4) is 0 Å². The number of aromatic nitrogens is 1. The van der Waals surface area contributed by atoms with E-state index in [1.54, 1.807) is 0 Å². The van der Waals surface area contributed by atoms with Gasteiger partial charge in [-0.1, -0.05) is 23.7 Å². The highest BCUT2D eigenvalue weighted by molar-refractivity contribution is 7.18. The average molecular weight is 321 g/mol. The van der Waals surface area contributed by atoms with E-state index in [0.29, 0.717) is 5.02 Å². The van der Waals surface area contributed by atoms with Gasteiger partial charge in [-0.2, -0.15) is 0 Å². The van der Waals surface area contributed by atoms with E-state index in [1.165, 1.54) is 29.5 Å². The highest BCUT2D eigenvalue weighted by Gasteiger charge is 2.13. The number of fused-ring (bicyclic) bond motifs is 1. The van der Waals surface area contributed by atoms with Crippen LogP contribution >= 0.6 is 22.9 Å². The highest BCUT2D eigenvalue weighted by atomic mass is 35.5. The van der Waals surface area contributed by atoms with Crippen LogP contribution in [-0.2, 0) is 6.54 Å². The van der Waals surface area contributed by atoms with E-state index in [9.17, 15) is 9.18 Å². The lowest BCUT2D eigenvalue weighted by atomic mass is 10.2. The van der Waals surface area contributed by atoms with Crippen molar-refractivity contribution in [1.29, 1.82) is 0 Å². The number of amides is 1. The molecular formula is C15H10ClFN2OS. The number of rotatable bonds is 3. The Hall–Kier alpha value is -1.98. The third-order valence-corrected chi connectivity index (χ3v) is 4.18. The van der Waals surface area contributed by atoms with E-state index in [0.717, 1.165) is 15.2 Å². The second kappa shape index (κ2) is 5.79. The van der Waals surface area contributed by atoms with Gasteiger partial charge in [-0.15, -0.1) is 11.3 Å². The van der Waals surface area contributed by atoms with Crippen LogP contribution in [0.5, 0.6) is 0 Å². The number of nitrogens with one attached hydrogen (secondary N) is 1. The standard InChI is InChI=1S/C15H10ClFN2OS/c16-9-5-6-11(17)10(7-9)15(20)18-8-14-19-12-3-1-2-4-13(12)21-14/h1-7H,8H2,(H,18,20). The Morgan fingerprint density at radius 3 is 2.90 bits per heavy atom. The zero-order valence-corrected chi connectivity index (χ0v) is 12.3. The fraction of sp³-hybridized carbons (Fsp3) is 0.0667. The molecule has 0 saturated carbocycles. The Kier molecular flexibility index (Phi) is 3.86. The van der Waals surface area contributed by atoms with Gasteiger partial charge in [0.15, 0.2) is 0 Å². The molecule has 1 aromatic heterocycles. The maximum Gasteiger partial charge on any atom is 0.254 e. The molecule has 3 nitrogen and oxygen atoms in total. The first-order valence-electron chi connectivity index (χ1n) is 6.21. The molecule has 1 amide bonds. The molecule has 3 rings (SSSR count). The van der Waals surface area contributed by atoms with Crippen LogP contribution in [0.15, 0.2) is 42.5 Å². The Morgan fingerprint density at radius 2 is 2.10 bits per heavy atom. The average Bonchev–Trinajstić information content (AvgIpc) is 2.90. The molecule has 0 unspecified atom stereocenters. The zero-order valence-electron chi connectivity index (χ0n) is 10.8. The second-order valence-corrected chi connectivity index (χ2v) is 5.93. The summed E-state index contributed by atoms with van der Waals surface area (Å²) in [6, 6.07) is 11.6. The van der Waals surface area contributed by atoms with E-state index >= 15 is 0 Å². The minimum atomic E-state index is -0.596. The van der Waals surface area contributed by atoms with E-state index in [1.807, 2.05) is 24.3 Å². The van der Waals surface area contributed by atoms with Crippen molar-refractivity contribution in [2.24, 2.45) is 0 Å². The van der Waals surface area contributed by atoms with Crippen molar-refractivity contribution in [1.82, 2.24) is 10.3 Å². The quantitative estimate of drug-likeness (QED) is 0.792. The van der Waals surface area contributed by atoms with E-state index in [2.05, 4.69) is 10.3 Å². The van der Waals surface area contributed by atoms with Crippen molar-refractivity contribution >= 4 is 39.1 Å². The molecule has 0 aliphatic heterocycles. The third kappa shape index (κ3) is 3.04. The minimum Gasteiger partial charge on any atom is -0.345 e. The number of para-hydroxylation sites is 1. The fourth-order valence-corrected chi connectivity index (χ4v) is 3.00. The molecule has 0 atom stereocenters. The van der Waals surface area contributed by atoms with Crippen molar-refractivity contribution in [2.45, 2.75) is 6.54 Å². The first-order valence-corrected chi connectivity index (χ1v) is 7.40. The summed E-state index contributed by atoms with van der Waals surface area (Å²) < 4.78 is 14.6. The van der Waals surface area contributed by atoms with Crippen molar-refractivity contribution in [3.63, 3.8) is 0 Å². The van der Waals surface area contributed by atoms with Gasteiger partial charge in [0.2, 0.25) is 0 Å². The normalized spacial score (nSPS) is 10.8. The van der Waals surface area contributed by atoms with Crippen LogP contribution in [0.25, 0.3) is 10.2 Å². The summed E-state index contributed by atoms with van der Waals surface area (Å²) in [5, 5.41) is 3.75. The summed E-state index contributed by atoms with van der Waals surface area (Å²) in [5.74, 6) is -1.10. The molecule has 0 aliphatic carbocycles. The molecular weight excluding hydrogens is 311 g/mol. The summed E-state index contributed by atoms with van der Waals surface area (Å²) >= 11 is 7.27. The monoisotopic (exact) mass is 320 g/mol. The molecule has 6 heteroatoms. The van der Waals surface area contributed by atoms with Crippen LogP contribution in [0, 0.1) is 5.82 Å². The number of halogens is 2. The predicted octanol–water partition coefficient (Wildman–Crippen LogP) is 4.02. The summed E-state index contributed by atoms with van der Waals surface area (Å²) in [5.41, 5.74) is 0.823. The van der Waals surface area contributed by atoms with E-state index in [-0.39, 0.29) is 12.1 Å². The minimum absolute atomic E-state index is 0.0661. The largest absolute Gasteiger partial charge is 0.345 e. The number of benzene rings is 2. The van der Waals surface area contributed by atoms with Crippen LogP contribution in [0.2, 0.25) is 5.02 Å². The summed E-state index contributed by atoms with van der Waals surface area (Å²) in [7, 11) is 0. The summed E-state index contributed by atoms with van der Waals surface area (Å²) in [6.45, 7) is 0.254. The third-order valence-electron chi connectivity index (χ3n) is 2.91. The highest BCUT2D eigenvalue weighted by Crippen LogP contribution is 2.21. The Balaban J connectivity index is 1.74. The Morgan fingerprint density at radius 1 is 1.29 bits per heavy atom. The summed E-state index contributed by atoms with van der Waals surface area (Å²) in [4.78, 5) is 16.4. The molecule has 1 N–H and O–H groups in total. The fourth-order valence-electron chi connectivity index (χ4n) is 1.92. The number of hydrogen-bond acceptors (Lipinski definition) is 3. The van der Waals surface area contributed by atoms with Crippen molar-refractivity contribution in [2.75, 3.05) is 0 Å². The van der Waals surface area contributed by atoms with Crippen LogP contribution in [-0.4, -0.2) is 10.9 Å². The molecule has 0 radical (unpaired) electrons. The molecule has 21 heavy (non-hydrogen) atoms. The second-order valence-electron chi connectivity index (χ2n) is 4.38. The SMILES string of the molecule is O=C(NCc1nc2ccccc2s1)c1cc(Cl)ccc1F. The van der Waals surface area contributed by atoms with Crippen LogP contribution in [0.4, 0.5) is 4.39 Å². The topological polar surface area (TPSA) is 42.0 Å². The molecule has 0 spiro atoms.